The van der Waals surface area contributed by atoms with E-state index in [-0.39, 0.29) is 10.6 Å². The van der Waals surface area contributed by atoms with Gasteiger partial charge in [0, 0.05) is 12.6 Å². The van der Waals surface area contributed by atoms with Crippen LogP contribution in [-0.2, 0) is 9.47 Å². The molecule has 1 aromatic carbocycles. The van der Waals surface area contributed by atoms with E-state index in [9.17, 15) is 10.1 Å². The van der Waals surface area contributed by atoms with Crippen LogP contribution in [0.2, 0.25) is 0 Å². The van der Waals surface area contributed by atoms with Gasteiger partial charge in [0.15, 0.2) is 6.29 Å². The van der Waals surface area contributed by atoms with Crippen LogP contribution in [0.25, 0.3) is 0 Å². The monoisotopic (exact) mass is 278 g/mol. The van der Waals surface area contributed by atoms with Gasteiger partial charge in [-0.05, 0) is 36.9 Å². The van der Waals surface area contributed by atoms with Crippen LogP contribution in [0.4, 0.5) is 5.69 Å². The van der Waals surface area contributed by atoms with E-state index in [1.54, 1.807) is 6.07 Å². The van der Waals surface area contributed by atoms with Crippen molar-refractivity contribution in [1.29, 1.82) is 0 Å². The molecular weight excluding hydrogens is 260 g/mol. The number of hydrogen-bond donors (Lipinski definition) is 1. The number of hydrogen-bond acceptors (Lipinski definition) is 5. The summed E-state index contributed by atoms with van der Waals surface area (Å²) in [6.45, 7) is 2.93. The molecule has 0 radical (unpaired) electrons. The molecule has 1 unspecified atom stereocenters. The maximum absolute atomic E-state index is 11.1. The zero-order valence-electron chi connectivity index (χ0n) is 11.2. The quantitative estimate of drug-likeness (QED) is 0.677. The highest BCUT2D eigenvalue weighted by Crippen LogP contribution is 2.34. The molecule has 6 nitrogen and oxygen atoms in total. The Morgan fingerprint density at radius 1 is 1.30 bits per heavy atom. The van der Waals surface area contributed by atoms with Crippen LogP contribution in [0.5, 0.6) is 0 Å². The van der Waals surface area contributed by atoms with Crippen LogP contribution in [0.1, 0.15) is 36.2 Å². The Balaban J connectivity index is 1.92. The highest BCUT2D eigenvalue weighted by molar-refractivity contribution is 5.45. The molecule has 0 amide bonds. The van der Waals surface area contributed by atoms with Crippen molar-refractivity contribution in [3.05, 3.63) is 39.4 Å². The summed E-state index contributed by atoms with van der Waals surface area (Å²) in [5, 5.41) is 14.5. The second-order valence-corrected chi connectivity index (χ2v) is 5.19. The molecule has 3 rings (SSSR count). The third kappa shape index (κ3) is 2.67. The average molecular weight is 278 g/mol. The van der Waals surface area contributed by atoms with Gasteiger partial charge in [-0.2, -0.15) is 0 Å². The molecule has 2 fully saturated rings. The van der Waals surface area contributed by atoms with Crippen molar-refractivity contribution in [2.24, 2.45) is 0 Å². The van der Waals surface area contributed by atoms with Gasteiger partial charge in [-0.15, -0.1) is 0 Å². The molecule has 108 valence electrons. The number of ether oxygens (including phenoxy) is 2. The molecular formula is C14H18N2O4. The first-order valence-electron chi connectivity index (χ1n) is 6.98. The minimum atomic E-state index is -0.605. The van der Waals surface area contributed by atoms with Crippen molar-refractivity contribution in [2.75, 3.05) is 26.3 Å². The first-order valence-corrected chi connectivity index (χ1v) is 6.98. The minimum Gasteiger partial charge on any atom is -0.346 e. The lowest BCUT2D eigenvalue weighted by Crippen LogP contribution is -2.28. The van der Waals surface area contributed by atoms with Crippen LogP contribution in [0.15, 0.2) is 18.2 Å². The standard InChI is InChI=1S/C14H18N2O4/c17-16(18)13-4-3-10(11-2-1-5-15-9-11)8-12(13)14-19-6-7-20-14/h3-4,8,11,14-15H,1-2,5-7,9H2. The van der Waals surface area contributed by atoms with Gasteiger partial charge >= 0.3 is 0 Å². The Kier molecular flexibility index (Phi) is 3.95. The molecule has 0 aromatic heterocycles. The van der Waals surface area contributed by atoms with E-state index in [0.717, 1.165) is 31.5 Å². The zero-order valence-corrected chi connectivity index (χ0v) is 11.2. The summed E-state index contributed by atoms with van der Waals surface area (Å²) in [6, 6.07) is 5.31. The summed E-state index contributed by atoms with van der Waals surface area (Å²) >= 11 is 0. The largest absolute Gasteiger partial charge is 0.346 e. The van der Waals surface area contributed by atoms with E-state index >= 15 is 0 Å². The molecule has 1 aromatic rings. The van der Waals surface area contributed by atoms with Gasteiger partial charge in [0.1, 0.15) is 0 Å². The molecule has 6 heteroatoms. The summed E-state index contributed by atoms with van der Waals surface area (Å²) in [5.41, 5.74) is 1.73. The molecule has 0 saturated carbocycles. The molecule has 2 heterocycles. The highest BCUT2D eigenvalue weighted by Gasteiger charge is 2.28. The maximum Gasteiger partial charge on any atom is 0.277 e. The topological polar surface area (TPSA) is 73.6 Å². The Morgan fingerprint density at radius 3 is 2.75 bits per heavy atom. The minimum absolute atomic E-state index is 0.0735. The fourth-order valence-electron chi connectivity index (χ4n) is 2.86. The predicted molar refractivity (Wildman–Crippen MR) is 72.6 cm³/mol. The van der Waals surface area contributed by atoms with E-state index in [0.29, 0.717) is 24.7 Å². The van der Waals surface area contributed by atoms with Gasteiger partial charge in [-0.25, -0.2) is 0 Å². The second kappa shape index (κ2) is 5.87. The lowest BCUT2D eigenvalue weighted by Gasteiger charge is -2.24. The third-order valence-electron chi connectivity index (χ3n) is 3.89. The molecule has 2 saturated heterocycles. The normalized spacial score (nSPS) is 23.9. The number of rotatable bonds is 3. The van der Waals surface area contributed by atoms with Gasteiger partial charge in [-0.3, -0.25) is 10.1 Å². The van der Waals surface area contributed by atoms with Crippen molar-refractivity contribution in [1.82, 2.24) is 5.32 Å². The lowest BCUT2D eigenvalue weighted by molar-refractivity contribution is -0.386. The van der Waals surface area contributed by atoms with Crippen LogP contribution in [0.3, 0.4) is 0 Å². The SMILES string of the molecule is O=[N+]([O-])c1ccc(C2CCCNC2)cc1C1OCCO1. The molecule has 0 bridgehead atoms. The fraction of sp³-hybridized carbons (Fsp3) is 0.571. The summed E-state index contributed by atoms with van der Waals surface area (Å²) in [7, 11) is 0. The molecule has 0 spiro atoms. The van der Waals surface area contributed by atoms with Crippen LogP contribution >= 0.6 is 0 Å². The highest BCUT2D eigenvalue weighted by atomic mass is 16.7. The van der Waals surface area contributed by atoms with Crippen molar-refractivity contribution < 1.29 is 14.4 Å². The number of nitro benzene ring substituents is 1. The molecule has 1 atom stereocenters. The molecule has 2 aliphatic heterocycles. The summed E-state index contributed by atoms with van der Waals surface area (Å²) < 4.78 is 10.9. The molecule has 0 aliphatic carbocycles. The maximum atomic E-state index is 11.1. The number of nitro groups is 1. The Morgan fingerprint density at radius 2 is 2.10 bits per heavy atom. The fourth-order valence-corrected chi connectivity index (χ4v) is 2.86. The third-order valence-corrected chi connectivity index (χ3v) is 3.89. The summed E-state index contributed by atoms with van der Waals surface area (Å²) in [6.07, 6.45) is 1.64. The van der Waals surface area contributed by atoms with E-state index in [1.165, 1.54) is 0 Å². The first-order chi connectivity index (χ1) is 9.75. The first kappa shape index (κ1) is 13.5. The molecule has 1 N–H and O–H groups in total. The molecule has 2 aliphatic rings. The van der Waals surface area contributed by atoms with E-state index < -0.39 is 6.29 Å². The second-order valence-electron chi connectivity index (χ2n) is 5.19. The van der Waals surface area contributed by atoms with E-state index in [2.05, 4.69) is 5.32 Å². The van der Waals surface area contributed by atoms with Gasteiger partial charge in [-0.1, -0.05) is 6.07 Å². The predicted octanol–water partition coefficient (Wildman–Crippen LogP) is 2.11. The average Bonchev–Trinajstić information content (AvgIpc) is 3.01. The lowest BCUT2D eigenvalue weighted by atomic mass is 9.90. The Bertz CT molecular complexity index is 494. The van der Waals surface area contributed by atoms with Gasteiger partial charge in [0.25, 0.3) is 5.69 Å². The smallest absolute Gasteiger partial charge is 0.277 e. The van der Waals surface area contributed by atoms with E-state index in [1.807, 2.05) is 12.1 Å². The van der Waals surface area contributed by atoms with Crippen molar-refractivity contribution in [3.63, 3.8) is 0 Å². The number of benzene rings is 1. The van der Waals surface area contributed by atoms with Gasteiger partial charge in [0.05, 0.1) is 23.7 Å². The number of nitrogens with zero attached hydrogens (tertiary/aromatic N) is 1. The summed E-state index contributed by atoms with van der Waals surface area (Å²) in [4.78, 5) is 10.8. The van der Waals surface area contributed by atoms with E-state index in [4.69, 9.17) is 9.47 Å². The van der Waals surface area contributed by atoms with Crippen LogP contribution in [-0.4, -0.2) is 31.2 Å². The zero-order chi connectivity index (χ0) is 13.9. The molecule has 20 heavy (non-hydrogen) atoms. The number of nitrogens with one attached hydrogen (secondary N) is 1. The Labute approximate surface area is 117 Å². The van der Waals surface area contributed by atoms with Crippen molar-refractivity contribution >= 4 is 5.69 Å². The van der Waals surface area contributed by atoms with Crippen molar-refractivity contribution in [3.8, 4) is 0 Å². The van der Waals surface area contributed by atoms with Gasteiger partial charge < -0.3 is 14.8 Å². The van der Waals surface area contributed by atoms with Crippen LogP contribution < -0.4 is 5.32 Å². The van der Waals surface area contributed by atoms with Crippen molar-refractivity contribution in [2.45, 2.75) is 25.0 Å². The van der Waals surface area contributed by atoms with Crippen LogP contribution in [0, 0.1) is 10.1 Å². The van der Waals surface area contributed by atoms with Gasteiger partial charge in [0.2, 0.25) is 0 Å². The number of piperidine rings is 1. The Hall–Kier alpha value is -1.50. The summed E-state index contributed by atoms with van der Waals surface area (Å²) in [5.74, 6) is 0.407.